The summed E-state index contributed by atoms with van der Waals surface area (Å²) in [4.78, 5) is 16.3. The molecule has 25 heavy (non-hydrogen) atoms. The number of H-pyrrole nitrogens is 1. The van der Waals surface area contributed by atoms with Gasteiger partial charge in [-0.15, -0.1) is 11.3 Å². The van der Waals surface area contributed by atoms with Gasteiger partial charge in [-0.2, -0.15) is 0 Å². The number of nitrogens with one attached hydrogen (secondary N) is 1. The SMILES string of the molecule is CC(O)(c1cc[nH+]cc1)c1cnc(-c2ccc(F)cc2)s1.O=[N+]([O-])[O-]. The van der Waals surface area contributed by atoms with Crippen molar-refractivity contribution >= 4 is 11.3 Å². The molecule has 2 aromatic heterocycles. The van der Waals surface area contributed by atoms with Crippen molar-refractivity contribution < 1.29 is 19.6 Å². The van der Waals surface area contributed by atoms with E-state index in [1.165, 1.54) is 23.5 Å². The van der Waals surface area contributed by atoms with Crippen molar-refractivity contribution in [3.05, 3.63) is 86.6 Å². The summed E-state index contributed by atoms with van der Waals surface area (Å²) < 4.78 is 13.0. The molecule has 1 atom stereocenters. The Kier molecular flexibility index (Phi) is 5.73. The van der Waals surface area contributed by atoms with Crippen LogP contribution >= 0.6 is 11.3 Å². The summed E-state index contributed by atoms with van der Waals surface area (Å²) >= 11 is 1.40. The lowest BCUT2D eigenvalue weighted by Crippen LogP contribution is -2.22. The monoisotopic (exact) mass is 363 g/mol. The molecule has 0 saturated heterocycles. The molecule has 3 rings (SSSR count). The molecule has 0 bridgehead atoms. The Bertz CT molecular complexity index is 834. The normalized spacial score (nSPS) is 12.6. The summed E-state index contributed by atoms with van der Waals surface area (Å²) in [5, 5.41) is 26.3. The summed E-state index contributed by atoms with van der Waals surface area (Å²) in [5.74, 6) is -0.275. The molecule has 0 saturated carbocycles. The molecule has 1 unspecified atom stereocenters. The topological polar surface area (TPSA) is 113 Å². The smallest absolute Gasteiger partial charge is 0.167 e. The number of benzene rings is 1. The highest BCUT2D eigenvalue weighted by Crippen LogP contribution is 2.35. The van der Waals surface area contributed by atoms with Crippen molar-refractivity contribution in [1.82, 2.24) is 4.98 Å². The number of nitrogens with zero attached hydrogens (tertiary/aromatic N) is 2. The molecule has 0 radical (unpaired) electrons. The molecule has 7 nitrogen and oxygen atoms in total. The average Bonchev–Trinajstić information content (AvgIpc) is 3.07. The molecule has 0 fully saturated rings. The zero-order chi connectivity index (χ0) is 18.4. The van der Waals surface area contributed by atoms with Gasteiger partial charge in [-0.3, -0.25) is 0 Å². The van der Waals surface area contributed by atoms with Crippen LogP contribution in [0.2, 0.25) is 0 Å². The van der Waals surface area contributed by atoms with E-state index in [0.29, 0.717) is 0 Å². The number of pyridine rings is 1. The van der Waals surface area contributed by atoms with Gasteiger partial charge in [0.15, 0.2) is 12.4 Å². The van der Waals surface area contributed by atoms with Gasteiger partial charge in [-0.1, -0.05) is 0 Å². The second kappa shape index (κ2) is 7.77. The number of thiazole rings is 1. The number of aromatic amines is 1. The first-order valence-corrected chi connectivity index (χ1v) is 7.85. The standard InChI is InChI=1S/C16H13FN2OS.NO3/c1-16(20,12-6-8-18-9-7-12)14-10-19-15(21-14)11-2-4-13(17)5-3-11;2-1(3)4/h2-10,20H,1H3;/q;-1/p+1. The lowest BCUT2D eigenvalue weighted by molar-refractivity contribution is -0.402. The number of hydrogen-bond acceptors (Lipinski definition) is 6. The minimum atomic E-state index is -1.75. The van der Waals surface area contributed by atoms with Crippen molar-refractivity contribution in [3.8, 4) is 10.6 Å². The Morgan fingerprint density at radius 3 is 2.32 bits per heavy atom. The maximum absolute atomic E-state index is 13.0. The zero-order valence-electron chi connectivity index (χ0n) is 13.0. The van der Waals surface area contributed by atoms with Gasteiger partial charge in [0.05, 0.1) is 9.96 Å². The molecule has 3 aromatic rings. The van der Waals surface area contributed by atoms with Gasteiger partial charge in [0, 0.05) is 29.5 Å². The van der Waals surface area contributed by atoms with Crippen LogP contribution in [-0.4, -0.2) is 15.2 Å². The van der Waals surface area contributed by atoms with Gasteiger partial charge in [-0.25, -0.2) is 14.4 Å². The van der Waals surface area contributed by atoms with E-state index in [9.17, 15) is 9.50 Å². The molecule has 0 aliphatic carbocycles. The van der Waals surface area contributed by atoms with Gasteiger partial charge in [0.1, 0.15) is 16.4 Å². The molecule has 1 aromatic carbocycles. The molecule has 130 valence electrons. The van der Waals surface area contributed by atoms with Crippen LogP contribution in [0.1, 0.15) is 17.4 Å². The summed E-state index contributed by atoms with van der Waals surface area (Å²) in [7, 11) is 0. The van der Waals surface area contributed by atoms with Crippen LogP contribution in [0.15, 0.2) is 55.0 Å². The predicted octanol–water partition coefficient (Wildman–Crippen LogP) is 2.78. The third kappa shape index (κ3) is 4.78. The maximum atomic E-state index is 13.0. The van der Waals surface area contributed by atoms with Crippen LogP contribution in [0.25, 0.3) is 10.6 Å². The number of aromatic nitrogens is 2. The molecule has 0 spiro atoms. The van der Waals surface area contributed by atoms with Crippen LogP contribution in [0.5, 0.6) is 0 Å². The van der Waals surface area contributed by atoms with Crippen molar-refractivity contribution in [2.24, 2.45) is 0 Å². The fourth-order valence-electron chi connectivity index (χ4n) is 2.08. The molecular formula is C16H14FN3O4S. The summed E-state index contributed by atoms with van der Waals surface area (Å²) in [6.07, 6.45) is 5.21. The molecule has 2 heterocycles. The quantitative estimate of drug-likeness (QED) is 0.568. The maximum Gasteiger partial charge on any atom is 0.167 e. The Labute approximate surface area is 146 Å². The molecule has 0 amide bonds. The minimum absolute atomic E-state index is 0.275. The summed E-state index contributed by atoms with van der Waals surface area (Å²) in [6, 6.07) is 9.84. The van der Waals surface area contributed by atoms with E-state index in [0.717, 1.165) is 21.0 Å². The molecule has 0 aliphatic heterocycles. The van der Waals surface area contributed by atoms with Gasteiger partial charge in [0.2, 0.25) is 0 Å². The van der Waals surface area contributed by atoms with Crippen LogP contribution < -0.4 is 4.98 Å². The fourth-order valence-corrected chi connectivity index (χ4v) is 3.07. The van der Waals surface area contributed by atoms with Crippen LogP contribution in [0.3, 0.4) is 0 Å². The Morgan fingerprint density at radius 1 is 1.20 bits per heavy atom. The van der Waals surface area contributed by atoms with Gasteiger partial charge < -0.3 is 20.4 Å². The van der Waals surface area contributed by atoms with Crippen LogP contribution in [0, 0.1) is 21.1 Å². The minimum Gasteiger partial charge on any atom is -0.380 e. The summed E-state index contributed by atoms with van der Waals surface area (Å²) in [5.41, 5.74) is 0.519. The third-order valence-electron chi connectivity index (χ3n) is 3.36. The van der Waals surface area contributed by atoms with Crippen molar-refractivity contribution in [1.29, 1.82) is 0 Å². The number of rotatable bonds is 3. The van der Waals surface area contributed by atoms with E-state index in [1.807, 2.05) is 12.1 Å². The van der Waals surface area contributed by atoms with Crippen molar-refractivity contribution in [2.75, 3.05) is 0 Å². The highest BCUT2D eigenvalue weighted by atomic mass is 32.1. The molecular weight excluding hydrogens is 349 g/mol. The van der Waals surface area contributed by atoms with Gasteiger partial charge >= 0.3 is 0 Å². The van der Waals surface area contributed by atoms with Crippen LogP contribution in [0.4, 0.5) is 4.39 Å². The first-order chi connectivity index (χ1) is 11.8. The van der Waals surface area contributed by atoms with Crippen molar-refractivity contribution in [2.45, 2.75) is 12.5 Å². The van der Waals surface area contributed by atoms with Gasteiger partial charge in [-0.05, 0) is 31.2 Å². The molecule has 2 N–H and O–H groups in total. The van der Waals surface area contributed by atoms with E-state index < -0.39 is 10.7 Å². The predicted molar refractivity (Wildman–Crippen MR) is 89.5 cm³/mol. The second-order valence-electron chi connectivity index (χ2n) is 5.12. The second-order valence-corrected chi connectivity index (χ2v) is 6.15. The van der Waals surface area contributed by atoms with Crippen molar-refractivity contribution in [3.63, 3.8) is 0 Å². The molecule has 9 heteroatoms. The lowest BCUT2D eigenvalue weighted by Gasteiger charge is -2.20. The number of halogens is 1. The lowest BCUT2D eigenvalue weighted by atomic mass is 9.96. The highest BCUT2D eigenvalue weighted by Gasteiger charge is 2.28. The summed E-state index contributed by atoms with van der Waals surface area (Å²) in [6.45, 7) is 1.74. The third-order valence-corrected chi connectivity index (χ3v) is 4.61. The first kappa shape index (κ1) is 18.4. The zero-order valence-corrected chi connectivity index (χ0v) is 13.9. The largest absolute Gasteiger partial charge is 0.380 e. The number of aliphatic hydroxyl groups is 1. The first-order valence-electron chi connectivity index (χ1n) is 7.03. The van der Waals surface area contributed by atoms with E-state index in [1.54, 1.807) is 37.6 Å². The van der Waals surface area contributed by atoms with Crippen LogP contribution in [-0.2, 0) is 5.60 Å². The van der Waals surface area contributed by atoms with Gasteiger partial charge in [0.25, 0.3) is 0 Å². The fraction of sp³-hybridized carbons (Fsp3) is 0.125. The Hall–Kier alpha value is -2.91. The molecule has 0 aliphatic rings. The average molecular weight is 363 g/mol. The van der Waals surface area contributed by atoms with E-state index in [2.05, 4.69) is 9.97 Å². The highest BCUT2D eigenvalue weighted by molar-refractivity contribution is 7.15. The number of hydrogen-bond donors (Lipinski definition) is 1. The van der Waals surface area contributed by atoms with E-state index in [-0.39, 0.29) is 5.82 Å². The van der Waals surface area contributed by atoms with E-state index >= 15 is 0 Å². The Morgan fingerprint density at radius 2 is 1.76 bits per heavy atom. The van der Waals surface area contributed by atoms with E-state index in [4.69, 9.17) is 15.3 Å². The Balaban J connectivity index is 0.000000511.